The Balaban J connectivity index is 2.75. The van der Waals surface area contributed by atoms with E-state index in [0.717, 1.165) is 4.90 Å². The first-order chi connectivity index (χ1) is 8.21. The average Bonchev–Trinajstić information content (AvgIpc) is 2.36. The van der Waals surface area contributed by atoms with Gasteiger partial charge >= 0.3 is 0 Å². The van der Waals surface area contributed by atoms with Crippen molar-refractivity contribution in [3.8, 4) is 11.8 Å². The fourth-order valence-electron chi connectivity index (χ4n) is 1.23. The van der Waals surface area contributed by atoms with Crippen LogP contribution in [-0.2, 0) is 4.79 Å². The van der Waals surface area contributed by atoms with Gasteiger partial charge in [0.1, 0.15) is 11.8 Å². The molecule has 0 spiro atoms. The zero-order valence-electron chi connectivity index (χ0n) is 9.82. The standard InChI is InChI=1S/C12H14N2O2S/c1-3-14-12(15)8-17-11-6-10(16-2)5-4-9(11)7-13/h4-6H,3,8H2,1-2H3,(H,14,15). The van der Waals surface area contributed by atoms with Gasteiger partial charge in [-0.05, 0) is 25.1 Å². The third kappa shape index (κ3) is 4.00. The molecule has 0 saturated heterocycles. The minimum atomic E-state index is -0.0378. The Bertz CT molecular complexity index is 441. The van der Waals surface area contributed by atoms with E-state index in [1.54, 1.807) is 25.3 Å². The summed E-state index contributed by atoms with van der Waals surface area (Å²) in [5.41, 5.74) is 0.556. The van der Waals surface area contributed by atoms with Gasteiger partial charge in [0.2, 0.25) is 5.91 Å². The quantitative estimate of drug-likeness (QED) is 0.809. The van der Waals surface area contributed by atoms with E-state index in [-0.39, 0.29) is 5.91 Å². The smallest absolute Gasteiger partial charge is 0.230 e. The Morgan fingerprint density at radius 3 is 2.94 bits per heavy atom. The molecule has 1 amide bonds. The molecule has 0 aliphatic heterocycles. The van der Waals surface area contributed by atoms with Crippen molar-refractivity contribution in [2.24, 2.45) is 0 Å². The van der Waals surface area contributed by atoms with E-state index in [9.17, 15) is 4.79 Å². The van der Waals surface area contributed by atoms with Gasteiger partial charge in [-0.25, -0.2) is 0 Å². The summed E-state index contributed by atoms with van der Waals surface area (Å²) in [5.74, 6) is 0.946. The number of nitrogens with zero attached hydrogens (tertiary/aromatic N) is 1. The Labute approximate surface area is 105 Å². The number of carbonyl (C=O) groups excluding carboxylic acids is 1. The van der Waals surface area contributed by atoms with Crippen molar-refractivity contribution in [2.75, 3.05) is 19.4 Å². The minimum Gasteiger partial charge on any atom is -0.497 e. The van der Waals surface area contributed by atoms with Gasteiger partial charge in [0.25, 0.3) is 0 Å². The molecule has 1 rings (SSSR count). The van der Waals surface area contributed by atoms with Crippen LogP contribution >= 0.6 is 11.8 Å². The van der Waals surface area contributed by atoms with Crippen LogP contribution in [0.15, 0.2) is 23.1 Å². The normalized spacial score (nSPS) is 9.47. The number of methoxy groups -OCH3 is 1. The van der Waals surface area contributed by atoms with Crippen LogP contribution in [0, 0.1) is 11.3 Å². The summed E-state index contributed by atoms with van der Waals surface area (Å²) in [6.07, 6.45) is 0. The molecule has 0 heterocycles. The molecular weight excluding hydrogens is 236 g/mol. The summed E-state index contributed by atoms with van der Waals surface area (Å²) in [7, 11) is 1.57. The Kier molecular flexibility index (Phi) is 5.37. The Morgan fingerprint density at radius 2 is 2.35 bits per heavy atom. The van der Waals surface area contributed by atoms with Crippen molar-refractivity contribution in [3.05, 3.63) is 23.8 Å². The lowest BCUT2D eigenvalue weighted by atomic mass is 10.2. The second-order valence-corrected chi connectivity index (χ2v) is 4.23. The molecule has 0 aromatic heterocycles. The molecule has 0 atom stereocenters. The summed E-state index contributed by atoms with van der Waals surface area (Å²) in [6, 6.07) is 7.29. The maximum atomic E-state index is 11.3. The molecule has 1 N–H and O–H groups in total. The molecule has 1 aromatic carbocycles. The maximum absolute atomic E-state index is 11.3. The average molecular weight is 250 g/mol. The van der Waals surface area contributed by atoms with Crippen LogP contribution in [0.5, 0.6) is 5.75 Å². The first-order valence-corrected chi connectivity index (χ1v) is 6.17. The monoisotopic (exact) mass is 250 g/mol. The van der Waals surface area contributed by atoms with Crippen molar-refractivity contribution in [2.45, 2.75) is 11.8 Å². The molecular formula is C12H14N2O2S. The van der Waals surface area contributed by atoms with Crippen molar-refractivity contribution in [1.82, 2.24) is 5.32 Å². The highest BCUT2D eigenvalue weighted by Gasteiger charge is 2.07. The van der Waals surface area contributed by atoms with Crippen molar-refractivity contribution >= 4 is 17.7 Å². The number of nitrogens with one attached hydrogen (secondary N) is 1. The van der Waals surface area contributed by atoms with E-state index in [1.165, 1.54) is 11.8 Å². The lowest BCUT2D eigenvalue weighted by molar-refractivity contribution is -0.118. The predicted molar refractivity (Wildman–Crippen MR) is 67.1 cm³/mol. The summed E-state index contributed by atoms with van der Waals surface area (Å²) in [5, 5.41) is 11.7. The van der Waals surface area contributed by atoms with Gasteiger partial charge in [0.15, 0.2) is 0 Å². The van der Waals surface area contributed by atoms with E-state index >= 15 is 0 Å². The van der Waals surface area contributed by atoms with Gasteiger partial charge in [0, 0.05) is 11.4 Å². The van der Waals surface area contributed by atoms with Gasteiger partial charge in [-0.3, -0.25) is 4.79 Å². The molecule has 1 aromatic rings. The number of nitriles is 1. The van der Waals surface area contributed by atoms with Crippen molar-refractivity contribution in [3.63, 3.8) is 0 Å². The lowest BCUT2D eigenvalue weighted by Gasteiger charge is -2.06. The third-order valence-electron chi connectivity index (χ3n) is 2.04. The van der Waals surface area contributed by atoms with Gasteiger partial charge in [0.05, 0.1) is 18.4 Å². The SMILES string of the molecule is CCNC(=O)CSc1cc(OC)ccc1C#N. The van der Waals surface area contributed by atoms with Crippen LogP contribution in [0.1, 0.15) is 12.5 Å². The largest absolute Gasteiger partial charge is 0.497 e. The summed E-state index contributed by atoms with van der Waals surface area (Å²) < 4.78 is 5.09. The van der Waals surface area contributed by atoms with Crippen LogP contribution in [0.2, 0.25) is 0 Å². The molecule has 0 unspecified atom stereocenters. The van der Waals surface area contributed by atoms with E-state index in [4.69, 9.17) is 10.00 Å². The zero-order valence-corrected chi connectivity index (χ0v) is 10.6. The molecule has 5 heteroatoms. The molecule has 0 bridgehead atoms. The van der Waals surface area contributed by atoms with Gasteiger partial charge in [-0.2, -0.15) is 5.26 Å². The van der Waals surface area contributed by atoms with Gasteiger partial charge in [-0.15, -0.1) is 11.8 Å². The molecule has 0 aliphatic rings. The van der Waals surface area contributed by atoms with Crippen LogP contribution in [0.3, 0.4) is 0 Å². The maximum Gasteiger partial charge on any atom is 0.230 e. The summed E-state index contributed by atoms with van der Waals surface area (Å²) >= 11 is 1.33. The lowest BCUT2D eigenvalue weighted by Crippen LogP contribution is -2.24. The van der Waals surface area contributed by atoms with Crippen LogP contribution in [0.4, 0.5) is 0 Å². The van der Waals surface area contributed by atoms with E-state index in [0.29, 0.717) is 23.6 Å². The van der Waals surface area contributed by atoms with E-state index < -0.39 is 0 Å². The van der Waals surface area contributed by atoms with E-state index in [1.807, 2.05) is 6.92 Å². The van der Waals surface area contributed by atoms with Crippen molar-refractivity contribution < 1.29 is 9.53 Å². The van der Waals surface area contributed by atoms with Gasteiger partial charge < -0.3 is 10.1 Å². The molecule has 90 valence electrons. The Morgan fingerprint density at radius 1 is 1.59 bits per heavy atom. The van der Waals surface area contributed by atoms with Gasteiger partial charge in [-0.1, -0.05) is 0 Å². The number of carbonyl (C=O) groups is 1. The van der Waals surface area contributed by atoms with Crippen LogP contribution < -0.4 is 10.1 Å². The second kappa shape index (κ2) is 6.81. The predicted octanol–water partition coefficient (Wildman–Crippen LogP) is 1.80. The number of thioether (sulfide) groups is 1. The number of rotatable bonds is 5. The molecule has 17 heavy (non-hydrogen) atoms. The molecule has 0 radical (unpaired) electrons. The van der Waals surface area contributed by atoms with Crippen LogP contribution in [-0.4, -0.2) is 25.3 Å². The number of hydrogen-bond acceptors (Lipinski definition) is 4. The van der Waals surface area contributed by atoms with E-state index in [2.05, 4.69) is 11.4 Å². The minimum absolute atomic E-state index is 0.0378. The summed E-state index contributed by atoms with van der Waals surface area (Å²) in [4.78, 5) is 12.1. The number of amides is 1. The molecule has 0 saturated carbocycles. The Hall–Kier alpha value is -1.67. The number of ether oxygens (including phenoxy) is 1. The second-order valence-electron chi connectivity index (χ2n) is 3.22. The highest BCUT2D eigenvalue weighted by molar-refractivity contribution is 8.00. The number of benzene rings is 1. The zero-order chi connectivity index (χ0) is 12.7. The van der Waals surface area contributed by atoms with Crippen molar-refractivity contribution in [1.29, 1.82) is 5.26 Å². The topological polar surface area (TPSA) is 62.1 Å². The first kappa shape index (κ1) is 13.4. The third-order valence-corrected chi connectivity index (χ3v) is 3.10. The highest BCUT2D eigenvalue weighted by Crippen LogP contribution is 2.26. The molecule has 0 aliphatic carbocycles. The number of hydrogen-bond donors (Lipinski definition) is 1. The van der Waals surface area contributed by atoms with Crippen LogP contribution in [0.25, 0.3) is 0 Å². The fourth-order valence-corrected chi connectivity index (χ4v) is 2.09. The molecule has 4 nitrogen and oxygen atoms in total. The fraction of sp³-hybridized carbons (Fsp3) is 0.333. The molecule has 0 fully saturated rings. The first-order valence-electron chi connectivity index (χ1n) is 5.19. The highest BCUT2D eigenvalue weighted by atomic mass is 32.2. The summed E-state index contributed by atoms with van der Waals surface area (Å²) in [6.45, 7) is 2.48.